The summed E-state index contributed by atoms with van der Waals surface area (Å²) in [5, 5.41) is 4.43. The summed E-state index contributed by atoms with van der Waals surface area (Å²) in [5.41, 5.74) is 2.11. The molecule has 0 saturated carbocycles. The molecule has 0 saturated heterocycles. The molecule has 3 aromatic carbocycles. The zero-order valence-electron chi connectivity index (χ0n) is 17.5. The van der Waals surface area contributed by atoms with Crippen LogP contribution in [0.4, 0.5) is 11.4 Å². The van der Waals surface area contributed by atoms with Crippen LogP contribution >= 0.6 is 0 Å². The number of hydrogen-bond donors (Lipinski definition) is 1. The molecule has 0 fully saturated rings. The number of rotatable bonds is 7. The Kier molecular flexibility index (Phi) is 5.54. The molecule has 1 aliphatic rings. The molecule has 0 unspecified atom stereocenters. The Hall–Kier alpha value is -3.19. The summed E-state index contributed by atoms with van der Waals surface area (Å²) < 4.78 is 24.8. The van der Waals surface area contributed by atoms with Crippen LogP contribution in [0.3, 0.4) is 0 Å². The van der Waals surface area contributed by atoms with Crippen molar-refractivity contribution in [2.75, 3.05) is 22.5 Å². The van der Waals surface area contributed by atoms with Crippen molar-refractivity contribution < 1.29 is 18.0 Å². The lowest BCUT2D eigenvalue weighted by Gasteiger charge is -2.18. The molecule has 0 radical (unpaired) electrons. The maximum atomic E-state index is 13.0. The fourth-order valence-corrected chi connectivity index (χ4v) is 5.06. The van der Waals surface area contributed by atoms with Crippen molar-refractivity contribution in [1.82, 2.24) is 0 Å². The lowest BCUT2D eigenvalue weighted by molar-refractivity contribution is 0.0990. The van der Waals surface area contributed by atoms with E-state index < -0.39 is 15.7 Å². The van der Waals surface area contributed by atoms with Gasteiger partial charge in [0, 0.05) is 28.6 Å². The normalized spacial score (nSPS) is 13.1. The molecule has 7 heteroatoms. The van der Waals surface area contributed by atoms with Crippen LogP contribution in [0.2, 0.25) is 0 Å². The van der Waals surface area contributed by atoms with Gasteiger partial charge in [0.15, 0.2) is 9.84 Å². The molecule has 6 nitrogen and oxygen atoms in total. The first-order chi connectivity index (χ1) is 14.9. The van der Waals surface area contributed by atoms with E-state index in [4.69, 9.17) is 0 Å². The number of benzene rings is 3. The van der Waals surface area contributed by atoms with Gasteiger partial charge in [-0.2, -0.15) is 0 Å². The maximum Gasteiger partial charge on any atom is 0.258 e. The van der Waals surface area contributed by atoms with Crippen LogP contribution in [0.5, 0.6) is 0 Å². The second-order valence-corrected chi connectivity index (χ2v) is 9.77. The molecule has 3 aromatic rings. The number of hydrogen-bond acceptors (Lipinski definition) is 4. The molecule has 2 amide bonds. The topological polar surface area (TPSA) is 83.6 Å². The number of amides is 2. The first kappa shape index (κ1) is 21.1. The summed E-state index contributed by atoms with van der Waals surface area (Å²) in [4.78, 5) is 27.7. The Morgan fingerprint density at radius 2 is 1.77 bits per heavy atom. The molecule has 160 valence electrons. The molecule has 0 bridgehead atoms. The smallest absolute Gasteiger partial charge is 0.258 e. The van der Waals surface area contributed by atoms with Gasteiger partial charge in [-0.05, 0) is 36.8 Å². The van der Waals surface area contributed by atoms with Gasteiger partial charge in [0.1, 0.15) is 0 Å². The van der Waals surface area contributed by atoms with Crippen LogP contribution in [-0.4, -0.2) is 32.5 Å². The average molecular weight is 437 g/mol. The van der Waals surface area contributed by atoms with Crippen LogP contribution in [0.15, 0.2) is 59.5 Å². The molecule has 1 heterocycles. The first-order valence-corrected chi connectivity index (χ1v) is 12.0. The highest BCUT2D eigenvalue weighted by Gasteiger charge is 2.30. The van der Waals surface area contributed by atoms with E-state index in [-0.39, 0.29) is 22.1 Å². The zero-order chi connectivity index (χ0) is 22.2. The predicted molar refractivity (Wildman–Crippen MR) is 123 cm³/mol. The largest absolute Gasteiger partial charge is 0.321 e. The number of carbonyl (C=O) groups is 2. The van der Waals surface area contributed by atoms with Gasteiger partial charge in [0.05, 0.1) is 21.9 Å². The molecule has 1 N–H and O–H groups in total. The summed E-state index contributed by atoms with van der Waals surface area (Å²) in [6, 6.07) is 15.3. The highest BCUT2D eigenvalue weighted by atomic mass is 32.2. The van der Waals surface area contributed by atoms with Crippen molar-refractivity contribution in [2.24, 2.45) is 0 Å². The Labute approximate surface area is 181 Å². The quantitative estimate of drug-likeness (QED) is 0.585. The number of anilines is 2. The van der Waals surface area contributed by atoms with Gasteiger partial charge in [-0.15, -0.1) is 0 Å². The van der Waals surface area contributed by atoms with Crippen molar-refractivity contribution >= 4 is 43.8 Å². The van der Waals surface area contributed by atoms with Crippen LogP contribution in [0, 0.1) is 0 Å². The van der Waals surface area contributed by atoms with Gasteiger partial charge in [-0.25, -0.2) is 8.42 Å². The van der Waals surface area contributed by atoms with E-state index in [1.165, 1.54) is 12.1 Å². The van der Waals surface area contributed by atoms with E-state index in [2.05, 4.69) is 12.2 Å². The van der Waals surface area contributed by atoms with Crippen molar-refractivity contribution in [3.63, 3.8) is 0 Å². The monoisotopic (exact) mass is 436 g/mol. The summed E-state index contributed by atoms with van der Waals surface area (Å²) in [5.74, 6) is -0.619. The second-order valence-electron chi connectivity index (χ2n) is 7.52. The lowest BCUT2D eigenvalue weighted by atomic mass is 10.0. The number of unbranched alkanes of at least 4 members (excludes halogenated alkanes) is 1. The summed E-state index contributed by atoms with van der Waals surface area (Å²) in [7, 11) is -3.55. The molecular formula is C24H24N2O4S. The standard InChI is InChI=1S/C24H24N2O4S/c1-3-5-15-26-20-14-13-19(16-10-8-11-18(22(16)20)24(26)28)25-23(27)17-9-6-7-12-21(17)31(29,30)4-2/h6-14H,3-5,15H2,1-2H3,(H,25,27). The van der Waals surface area contributed by atoms with E-state index in [1.807, 2.05) is 12.1 Å². The lowest BCUT2D eigenvalue weighted by Crippen LogP contribution is -2.27. The van der Waals surface area contributed by atoms with Gasteiger partial charge >= 0.3 is 0 Å². The predicted octanol–water partition coefficient (Wildman–Crippen LogP) is 4.65. The number of nitrogens with one attached hydrogen (secondary N) is 1. The minimum atomic E-state index is -3.55. The van der Waals surface area contributed by atoms with Gasteiger partial charge in [0.2, 0.25) is 0 Å². The first-order valence-electron chi connectivity index (χ1n) is 10.4. The molecule has 4 rings (SSSR count). The molecule has 0 aliphatic carbocycles. The average Bonchev–Trinajstić information content (AvgIpc) is 3.06. The molecule has 1 aliphatic heterocycles. The Morgan fingerprint density at radius 3 is 2.52 bits per heavy atom. The number of carbonyl (C=O) groups excluding carboxylic acids is 2. The van der Waals surface area contributed by atoms with E-state index in [0.29, 0.717) is 17.8 Å². The molecular weight excluding hydrogens is 412 g/mol. The Balaban J connectivity index is 1.75. The number of sulfone groups is 1. The minimum absolute atomic E-state index is 0.0156. The fourth-order valence-electron chi connectivity index (χ4n) is 3.96. The summed E-state index contributed by atoms with van der Waals surface area (Å²) >= 11 is 0. The van der Waals surface area contributed by atoms with Crippen molar-refractivity contribution in [3.8, 4) is 0 Å². The van der Waals surface area contributed by atoms with Crippen molar-refractivity contribution in [1.29, 1.82) is 0 Å². The maximum absolute atomic E-state index is 13.0. The van der Waals surface area contributed by atoms with Crippen molar-refractivity contribution in [2.45, 2.75) is 31.6 Å². The van der Waals surface area contributed by atoms with Crippen LogP contribution in [0.1, 0.15) is 47.4 Å². The molecule has 0 aromatic heterocycles. The highest BCUT2D eigenvalue weighted by Crippen LogP contribution is 2.40. The third-order valence-corrected chi connectivity index (χ3v) is 7.40. The van der Waals surface area contributed by atoms with Crippen LogP contribution in [-0.2, 0) is 9.84 Å². The fraction of sp³-hybridized carbons (Fsp3) is 0.250. The highest BCUT2D eigenvalue weighted by molar-refractivity contribution is 7.91. The SMILES string of the molecule is CCCCN1C(=O)c2cccc3c(NC(=O)c4ccccc4S(=O)(=O)CC)ccc1c23. The third-order valence-electron chi connectivity index (χ3n) is 5.62. The van der Waals surface area contributed by atoms with Gasteiger partial charge < -0.3 is 10.2 Å². The van der Waals surface area contributed by atoms with E-state index in [9.17, 15) is 18.0 Å². The van der Waals surface area contributed by atoms with Gasteiger partial charge in [0.25, 0.3) is 11.8 Å². The van der Waals surface area contributed by atoms with Crippen molar-refractivity contribution in [3.05, 3.63) is 65.7 Å². The van der Waals surface area contributed by atoms with E-state index in [1.54, 1.807) is 42.2 Å². The minimum Gasteiger partial charge on any atom is -0.321 e. The summed E-state index contributed by atoms with van der Waals surface area (Å²) in [6.07, 6.45) is 1.89. The Bertz CT molecular complexity index is 1300. The Morgan fingerprint density at radius 1 is 1.00 bits per heavy atom. The zero-order valence-corrected chi connectivity index (χ0v) is 18.3. The summed E-state index contributed by atoms with van der Waals surface area (Å²) in [6.45, 7) is 4.28. The van der Waals surface area contributed by atoms with Crippen LogP contribution in [0.25, 0.3) is 10.8 Å². The second kappa shape index (κ2) is 8.15. The number of nitrogens with zero attached hydrogens (tertiary/aromatic N) is 1. The molecule has 0 spiro atoms. The van der Waals surface area contributed by atoms with Gasteiger partial charge in [-0.1, -0.05) is 44.5 Å². The molecule has 31 heavy (non-hydrogen) atoms. The third kappa shape index (κ3) is 3.59. The molecule has 0 atom stereocenters. The van der Waals surface area contributed by atoms with Gasteiger partial charge in [-0.3, -0.25) is 9.59 Å². The van der Waals surface area contributed by atoms with E-state index in [0.717, 1.165) is 29.3 Å². The van der Waals surface area contributed by atoms with Crippen LogP contribution < -0.4 is 10.2 Å². The van der Waals surface area contributed by atoms with E-state index >= 15 is 0 Å².